The molecule has 8 heteroatoms. The largest absolute Gasteiger partial charge is 0.497 e. The Bertz CT molecular complexity index is 1050. The number of nitrogens with one attached hydrogen (secondary N) is 1. The van der Waals surface area contributed by atoms with Crippen molar-refractivity contribution in [2.24, 2.45) is 0 Å². The minimum atomic E-state index is -1.00. The van der Waals surface area contributed by atoms with E-state index in [1.54, 1.807) is 30.8 Å². The van der Waals surface area contributed by atoms with Crippen LogP contribution >= 0.6 is 0 Å². The Labute approximate surface area is 171 Å². The maximum Gasteiger partial charge on any atom is 0.266 e. The van der Waals surface area contributed by atoms with Crippen LogP contribution in [-0.2, 0) is 27.1 Å². The number of amides is 1. The second-order valence-corrected chi connectivity index (χ2v) is 8.13. The Kier molecular flexibility index (Phi) is 5.35. The third-order valence-electron chi connectivity index (χ3n) is 4.65. The molecule has 0 saturated carbocycles. The molecule has 0 aliphatic carbocycles. The monoisotopic (exact) mass is 411 g/mol. The highest BCUT2D eigenvalue weighted by atomic mass is 32.2. The molecule has 150 valence electrons. The van der Waals surface area contributed by atoms with E-state index in [4.69, 9.17) is 9.47 Å². The minimum Gasteiger partial charge on any atom is -0.497 e. The molecule has 2 heterocycles. The van der Waals surface area contributed by atoms with Gasteiger partial charge in [0, 0.05) is 16.4 Å². The van der Waals surface area contributed by atoms with E-state index in [1.165, 1.54) is 0 Å². The molecule has 29 heavy (non-hydrogen) atoms. The number of aromatic nitrogens is 2. The van der Waals surface area contributed by atoms with Crippen molar-refractivity contribution in [2.75, 3.05) is 12.4 Å². The summed E-state index contributed by atoms with van der Waals surface area (Å²) in [6.07, 6.45) is -0.709. The summed E-state index contributed by atoms with van der Waals surface area (Å²) in [6, 6.07) is 16.5. The summed E-state index contributed by atoms with van der Waals surface area (Å²) in [5, 5.41) is 7.52. The fourth-order valence-electron chi connectivity index (χ4n) is 3.14. The van der Waals surface area contributed by atoms with Crippen molar-refractivity contribution in [3.63, 3.8) is 0 Å². The Balaban J connectivity index is 1.61. The van der Waals surface area contributed by atoms with Crippen LogP contribution < -0.4 is 14.8 Å². The molecule has 1 aliphatic heterocycles. The molecule has 7 nitrogen and oxygen atoms in total. The first-order valence-electron chi connectivity index (χ1n) is 9.18. The van der Waals surface area contributed by atoms with Crippen LogP contribution in [-0.4, -0.2) is 33.1 Å². The lowest BCUT2D eigenvalue weighted by Gasteiger charge is -2.16. The van der Waals surface area contributed by atoms with Gasteiger partial charge in [0.2, 0.25) is 0 Å². The van der Waals surface area contributed by atoms with Gasteiger partial charge in [-0.25, -0.2) is 4.68 Å². The number of rotatable bonds is 6. The SMILES string of the molecule is COc1ccc(-n2nc3c(c2NC(=O)[C@H](C)Oc2ccccc2)C[S@@](=O)C3)cc1. The zero-order chi connectivity index (χ0) is 20.4. The first-order chi connectivity index (χ1) is 14.0. The normalized spacial score (nSPS) is 16.1. The molecule has 2 atom stereocenters. The topological polar surface area (TPSA) is 82.4 Å². The summed E-state index contributed by atoms with van der Waals surface area (Å²) >= 11 is 0. The molecule has 1 N–H and O–H groups in total. The van der Waals surface area contributed by atoms with Crippen LogP contribution in [0.4, 0.5) is 5.82 Å². The summed E-state index contributed by atoms with van der Waals surface area (Å²) < 4.78 is 24.6. The Morgan fingerprint density at radius 3 is 2.52 bits per heavy atom. The van der Waals surface area contributed by atoms with Gasteiger partial charge in [0.05, 0.1) is 30.0 Å². The molecule has 1 amide bonds. The van der Waals surface area contributed by atoms with Crippen molar-refractivity contribution >= 4 is 22.5 Å². The second kappa shape index (κ2) is 8.08. The Morgan fingerprint density at radius 1 is 1.10 bits per heavy atom. The van der Waals surface area contributed by atoms with Gasteiger partial charge < -0.3 is 14.8 Å². The molecule has 2 aromatic carbocycles. The average molecular weight is 411 g/mol. The number of hydrogen-bond acceptors (Lipinski definition) is 5. The summed E-state index contributed by atoms with van der Waals surface area (Å²) in [5.74, 6) is 2.33. The third kappa shape index (κ3) is 4.02. The number of fused-ring (bicyclic) bond motifs is 1. The highest BCUT2D eigenvalue weighted by Gasteiger charge is 2.29. The first-order valence-corrected chi connectivity index (χ1v) is 10.7. The summed E-state index contributed by atoms with van der Waals surface area (Å²) in [6.45, 7) is 1.69. The molecular weight excluding hydrogens is 390 g/mol. The number of benzene rings is 2. The van der Waals surface area contributed by atoms with Gasteiger partial charge in [0.25, 0.3) is 5.91 Å². The average Bonchev–Trinajstić information content (AvgIpc) is 3.25. The fraction of sp³-hybridized carbons (Fsp3) is 0.238. The highest BCUT2D eigenvalue weighted by Crippen LogP contribution is 2.32. The van der Waals surface area contributed by atoms with Crippen LogP contribution in [0.15, 0.2) is 54.6 Å². The number of carbonyl (C=O) groups is 1. The summed E-state index contributed by atoms with van der Waals surface area (Å²) in [7, 11) is 0.600. The van der Waals surface area contributed by atoms with Crippen LogP contribution in [0, 0.1) is 0 Å². The molecule has 1 aliphatic rings. The molecule has 0 fully saturated rings. The molecule has 0 spiro atoms. The number of carbonyl (C=O) groups excluding carboxylic acids is 1. The molecule has 0 unspecified atom stereocenters. The van der Waals surface area contributed by atoms with Crippen LogP contribution in [0.25, 0.3) is 5.69 Å². The summed E-state index contributed by atoms with van der Waals surface area (Å²) in [4.78, 5) is 12.8. The molecule has 1 aromatic heterocycles. The van der Waals surface area contributed by atoms with Gasteiger partial charge in [0.15, 0.2) is 6.10 Å². The highest BCUT2D eigenvalue weighted by molar-refractivity contribution is 7.83. The standard InChI is InChI=1S/C21H21N3O4S/c1-14(28-17-6-4-3-5-7-17)21(25)22-20-18-12-29(26)13-19(18)23-24(20)15-8-10-16(27-2)11-9-15/h3-11,14H,12-13H2,1-2H3,(H,22,25)/t14-,29+/m0/s1. The van der Waals surface area contributed by atoms with Crippen molar-refractivity contribution < 1.29 is 18.5 Å². The number of anilines is 1. The van der Waals surface area contributed by atoms with Gasteiger partial charge in [-0.15, -0.1) is 0 Å². The van der Waals surface area contributed by atoms with Crippen LogP contribution in [0.1, 0.15) is 18.2 Å². The van der Waals surface area contributed by atoms with Crippen molar-refractivity contribution in [3.05, 3.63) is 65.9 Å². The van der Waals surface area contributed by atoms with Gasteiger partial charge in [-0.05, 0) is 43.3 Å². The lowest BCUT2D eigenvalue weighted by Crippen LogP contribution is -2.31. The lowest BCUT2D eigenvalue weighted by atomic mass is 10.2. The van der Waals surface area contributed by atoms with Gasteiger partial charge in [-0.2, -0.15) is 5.10 Å². The number of methoxy groups -OCH3 is 1. The van der Waals surface area contributed by atoms with Crippen molar-refractivity contribution in [3.8, 4) is 17.2 Å². The molecular formula is C21H21N3O4S. The van der Waals surface area contributed by atoms with Crippen LogP contribution in [0.2, 0.25) is 0 Å². The van der Waals surface area contributed by atoms with E-state index in [2.05, 4.69) is 10.4 Å². The van der Waals surface area contributed by atoms with Crippen molar-refractivity contribution in [2.45, 2.75) is 24.5 Å². The zero-order valence-corrected chi connectivity index (χ0v) is 16.9. The van der Waals surface area contributed by atoms with Gasteiger partial charge in [-0.3, -0.25) is 9.00 Å². The van der Waals surface area contributed by atoms with Crippen molar-refractivity contribution in [1.82, 2.24) is 9.78 Å². The van der Waals surface area contributed by atoms with Gasteiger partial charge >= 0.3 is 0 Å². The van der Waals surface area contributed by atoms with E-state index < -0.39 is 16.9 Å². The minimum absolute atomic E-state index is 0.302. The first kappa shape index (κ1) is 19.2. The van der Waals surface area contributed by atoms with Crippen molar-refractivity contribution in [1.29, 1.82) is 0 Å². The maximum absolute atomic E-state index is 12.8. The number of para-hydroxylation sites is 1. The fourth-order valence-corrected chi connectivity index (χ4v) is 4.41. The second-order valence-electron chi connectivity index (χ2n) is 6.67. The maximum atomic E-state index is 12.8. The predicted molar refractivity (Wildman–Crippen MR) is 111 cm³/mol. The van der Waals surface area contributed by atoms with Gasteiger partial charge in [-0.1, -0.05) is 18.2 Å². The molecule has 0 saturated heterocycles. The quantitative estimate of drug-likeness (QED) is 0.674. The number of hydrogen-bond donors (Lipinski definition) is 1. The van der Waals surface area contributed by atoms with Crippen LogP contribution in [0.3, 0.4) is 0 Å². The van der Waals surface area contributed by atoms with E-state index in [9.17, 15) is 9.00 Å². The van der Waals surface area contributed by atoms with E-state index in [0.29, 0.717) is 23.1 Å². The molecule has 0 radical (unpaired) electrons. The van der Waals surface area contributed by atoms with E-state index >= 15 is 0 Å². The lowest BCUT2D eigenvalue weighted by molar-refractivity contribution is -0.122. The predicted octanol–water partition coefficient (Wildman–Crippen LogP) is 3.05. The zero-order valence-electron chi connectivity index (χ0n) is 16.1. The number of ether oxygens (including phenoxy) is 2. The molecule has 0 bridgehead atoms. The number of nitrogens with zero attached hydrogens (tertiary/aromatic N) is 2. The molecule has 3 aromatic rings. The van der Waals surface area contributed by atoms with E-state index in [0.717, 1.165) is 22.7 Å². The van der Waals surface area contributed by atoms with E-state index in [-0.39, 0.29) is 5.91 Å². The summed E-state index contributed by atoms with van der Waals surface area (Å²) in [5.41, 5.74) is 2.32. The molecule has 4 rings (SSSR count). The Morgan fingerprint density at radius 2 is 1.83 bits per heavy atom. The van der Waals surface area contributed by atoms with E-state index in [1.807, 2.05) is 42.5 Å². The van der Waals surface area contributed by atoms with Crippen LogP contribution in [0.5, 0.6) is 11.5 Å². The third-order valence-corrected chi connectivity index (χ3v) is 5.86. The Hall–Kier alpha value is -3.13. The van der Waals surface area contributed by atoms with Gasteiger partial charge in [0.1, 0.15) is 17.3 Å². The smallest absolute Gasteiger partial charge is 0.266 e.